The van der Waals surface area contributed by atoms with Gasteiger partial charge in [0.05, 0.1) is 9.30 Å². The van der Waals surface area contributed by atoms with Gasteiger partial charge in [-0.1, -0.05) is 38.7 Å². The Kier molecular flexibility index (Phi) is 1.22. The van der Waals surface area contributed by atoms with Crippen molar-refractivity contribution in [2.24, 2.45) is 0 Å². The Morgan fingerprint density at radius 1 is 1.31 bits per heavy atom. The van der Waals surface area contributed by atoms with Gasteiger partial charge in [0.1, 0.15) is 0 Å². The van der Waals surface area contributed by atoms with Crippen LogP contribution < -0.4 is 0 Å². The van der Waals surface area contributed by atoms with Crippen molar-refractivity contribution in [3.8, 4) is 0 Å². The van der Waals surface area contributed by atoms with Crippen molar-refractivity contribution in [3.63, 3.8) is 0 Å². The van der Waals surface area contributed by atoms with E-state index in [1.54, 1.807) is 0 Å². The quantitative estimate of drug-likeness (QED) is 0.645. The molecular formula is C8H18O4S. The van der Waals surface area contributed by atoms with Crippen molar-refractivity contribution in [1.29, 1.82) is 0 Å². The fourth-order valence-electron chi connectivity index (χ4n) is 0.224. The first-order chi connectivity index (χ1) is 12.5. The molecule has 0 aliphatic rings. The lowest BCUT2D eigenvalue weighted by molar-refractivity contribution is 0.261. The van der Waals surface area contributed by atoms with E-state index >= 15 is 0 Å². The van der Waals surface area contributed by atoms with Gasteiger partial charge in [-0.05, 0) is 6.37 Å². The van der Waals surface area contributed by atoms with E-state index in [0.29, 0.717) is 0 Å². The van der Waals surface area contributed by atoms with E-state index in [4.69, 9.17) is 27.9 Å². The van der Waals surface area contributed by atoms with E-state index in [2.05, 4.69) is 4.18 Å². The molecule has 80 valence electrons. The molecule has 0 aromatic rings. The Bertz CT molecular complexity index is 750. The maximum Gasteiger partial charge on any atom is 0.397 e. The first-order valence-electron chi connectivity index (χ1n) is 11.1. The smallest absolute Gasteiger partial charge is 0.264 e. The highest BCUT2D eigenvalue weighted by Gasteiger charge is 2.02. The van der Waals surface area contributed by atoms with Crippen molar-refractivity contribution < 1.29 is 40.5 Å². The standard InChI is InChI=1S/C8H18O4S/c1-2-3-4-5-6-7-8-12-13(9,10)11/h2-8H2,1H3,(H,9,10,11)/i1D3,2D2,3D2,4D2,5D2,6D2,7D2,8D2. The predicted octanol–water partition coefficient (Wildman–Crippen LogP) is 2.17. The van der Waals surface area contributed by atoms with Crippen LogP contribution in [0.15, 0.2) is 0 Å². The van der Waals surface area contributed by atoms with E-state index in [-0.39, 0.29) is 0 Å². The van der Waals surface area contributed by atoms with E-state index in [1.165, 1.54) is 0 Å². The average molecular weight is 227 g/mol. The molecule has 4 nitrogen and oxygen atoms in total. The summed E-state index contributed by atoms with van der Waals surface area (Å²) < 4.78 is 160. The third-order valence-electron chi connectivity index (χ3n) is 0.511. The van der Waals surface area contributed by atoms with Crippen LogP contribution in [0.4, 0.5) is 0 Å². The molecule has 0 saturated heterocycles. The molecule has 0 aliphatic carbocycles. The highest BCUT2D eigenvalue weighted by atomic mass is 32.3. The highest BCUT2D eigenvalue weighted by Crippen LogP contribution is 2.05. The molecule has 0 amide bonds. The van der Waals surface area contributed by atoms with Crippen LogP contribution in [0.25, 0.3) is 0 Å². The van der Waals surface area contributed by atoms with Crippen molar-refractivity contribution in [1.82, 2.24) is 0 Å². The zero-order valence-corrected chi connectivity index (χ0v) is 6.90. The fourth-order valence-corrected chi connectivity index (χ4v) is 0.371. The Morgan fingerprint density at radius 2 is 1.92 bits per heavy atom. The van der Waals surface area contributed by atoms with Crippen LogP contribution in [0.1, 0.15) is 68.4 Å². The molecule has 0 atom stereocenters. The first-order valence-corrected chi connectivity index (χ1v) is 4.00. The molecule has 13 heavy (non-hydrogen) atoms. The summed E-state index contributed by atoms with van der Waals surface area (Å²) in [4.78, 5) is 0. The predicted molar refractivity (Wildman–Crippen MR) is 50.9 cm³/mol. The minimum atomic E-state index is -5.78. The Labute approximate surface area is 104 Å². The van der Waals surface area contributed by atoms with Gasteiger partial charge in [-0.2, -0.15) is 8.42 Å². The van der Waals surface area contributed by atoms with Crippen LogP contribution >= 0.6 is 0 Å². The molecule has 0 rings (SSSR count). The van der Waals surface area contributed by atoms with Crippen LogP contribution in [0.3, 0.4) is 0 Å². The third kappa shape index (κ3) is 11.9. The van der Waals surface area contributed by atoms with Crippen LogP contribution in [0.5, 0.6) is 0 Å². The summed E-state index contributed by atoms with van der Waals surface area (Å²) in [6.07, 6.45) is -26.6. The Balaban J connectivity index is 6.77. The topological polar surface area (TPSA) is 63.6 Å². The van der Waals surface area contributed by atoms with Gasteiger partial charge in [-0.25, -0.2) is 4.18 Å². The first kappa shape index (κ1) is 2.18. The molecule has 0 aromatic heterocycles. The van der Waals surface area contributed by atoms with Crippen molar-refractivity contribution >= 4 is 10.4 Å². The maximum absolute atomic E-state index is 10.7. The average Bonchev–Trinajstić information content (AvgIpc) is 2.41. The van der Waals surface area contributed by atoms with Gasteiger partial charge < -0.3 is 0 Å². The molecule has 0 fully saturated rings. The van der Waals surface area contributed by atoms with Crippen molar-refractivity contribution in [2.75, 3.05) is 6.56 Å². The summed E-state index contributed by atoms with van der Waals surface area (Å²) >= 11 is 0. The largest absolute Gasteiger partial charge is 0.397 e. The maximum atomic E-state index is 10.7. The molecule has 0 spiro atoms. The zero-order chi connectivity index (χ0) is 25.2. The van der Waals surface area contributed by atoms with Crippen molar-refractivity contribution in [3.05, 3.63) is 0 Å². The highest BCUT2D eigenvalue weighted by molar-refractivity contribution is 7.80. The van der Waals surface area contributed by atoms with E-state index in [9.17, 15) is 8.42 Å². The molecule has 0 aromatic carbocycles. The molecule has 5 heteroatoms. The molecule has 0 heterocycles. The fraction of sp³-hybridized carbons (Fsp3) is 1.00. The Hall–Kier alpha value is -0.130. The second-order valence-electron chi connectivity index (χ2n) is 1.36. The molecule has 0 saturated carbocycles. The summed E-state index contributed by atoms with van der Waals surface area (Å²) in [7, 11) is -5.78. The lowest BCUT2D eigenvalue weighted by Gasteiger charge is -2.00. The number of rotatable bonds is 8. The van der Waals surface area contributed by atoms with Gasteiger partial charge >= 0.3 is 10.4 Å². The van der Waals surface area contributed by atoms with Crippen LogP contribution in [-0.4, -0.2) is 19.5 Å². The van der Waals surface area contributed by atoms with Gasteiger partial charge in [0.25, 0.3) is 0 Å². The van der Waals surface area contributed by atoms with Crippen LogP contribution in [-0.2, 0) is 14.6 Å². The van der Waals surface area contributed by atoms with Crippen LogP contribution in [0.2, 0.25) is 0 Å². The summed E-state index contributed by atoms with van der Waals surface area (Å²) in [5.74, 6) is 0. The molecule has 0 radical (unpaired) electrons. The summed E-state index contributed by atoms with van der Waals surface area (Å²) in [6.45, 7) is -8.28. The van der Waals surface area contributed by atoms with Crippen LogP contribution in [0, 0.1) is 0 Å². The number of hydrogen-bond donors (Lipinski definition) is 1. The van der Waals surface area contributed by atoms with Gasteiger partial charge in [0, 0.05) is 20.6 Å². The second kappa shape index (κ2) is 7.29. The molecule has 0 unspecified atom stereocenters. The van der Waals surface area contributed by atoms with E-state index < -0.39 is 62.0 Å². The minimum absolute atomic E-state index is 3.39. The van der Waals surface area contributed by atoms with E-state index in [1.807, 2.05) is 0 Å². The molecule has 0 bridgehead atoms. The lowest BCUT2D eigenvalue weighted by Crippen LogP contribution is -2.04. The third-order valence-corrected chi connectivity index (χ3v) is 0.804. The summed E-state index contributed by atoms with van der Waals surface area (Å²) in [6, 6.07) is 0. The zero-order valence-electron chi connectivity index (χ0n) is 23.1. The number of hydrogen-bond acceptors (Lipinski definition) is 3. The normalized spacial score (nSPS) is 39.9. The lowest BCUT2D eigenvalue weighted by atomic mass is 10.1. The van der Waals surface area contributed by atoms with E-state index in [0.717, 1.165) is 0 Å². The van der Waals surface area contributed by atoms with Crippen molar-refractivity contribution in [2.45, 2.75) is 45.1 Å². The van der Waals surface area contributed by atoms with Gasteiger partial charge in [0.15, 0.2) is 0 Å². The SMILES string of the molecule is [2H]C([2H])([2H])C([2H])([2H])C([2H])([2H])C([2H])([2H])C([2H])([2H])C([2H])([2H])C([2H])([2H])C([2H])([2H])OS(=O)(=O)O. The van der Waals surface area contributed by atoms with Gasteiger partial charge in [-0.3, -0.25) is 4.55 Å². The summed E-state index contributed by atoms with van der Waals surface area (Å²) in [5.41, 5.74) is 0. The molecular weight excluding hydrogens is 192 g/mol. The molecule has 0 aliphatic heterocycles. The molecule has 1 N–H and O–H groups in total. The van der Waals surface area contributed by atoms with Gasteiger partial charge in [-0.15, -0.1) is 0 Å². The minimum Gasteiger partial charge on any atom is -0.264 e. The Morgan fingerprint density at radius 3 is 2.54 bits per heavy atom. The second-order valence-corrected chi connectivity index (χ2v) is 2.39. The van der Waals surface area contributed by atoms with Gasteiger partial charge in [0.2, 0.25) is 0 Å². The monoisotopic (exact) mass is 227 g/mol. The summed E-state index contributed by atoms with van der Waals surface area (Å²) in [5, 5.41) is 0.